The van der Waals surface area contributed by atoms with Crippen LogP contribution in [0.5, 0.6) is 0 Å². The molecule has 16 heavy (non-hydrogen) atoms. The third kappa shape index (κ3) is 4.98. The van der Waals surface area contributed by atoms with E-state index in [-0.39, 0.29) is 18.8 Å². The Morgan fingerprint density at radius 1 is 1.62 bits per heavy atom. The Hall–Kier alpha value is 0.135. The zero-order valence-electron chi connectivity index (χ0n) is 9.79. The van der Waals surface area contributed by atoms with Gasteiger partial charge >= 0.3 is 0 Å². The van der Waals surface area contributed by atoms with Crippen LogP contribution in [0.2, 0.25) is 0 Å². The number of rotatable bonds is 5. The lowest BCUT2D eigenvalue weighted by molar-refractivity contribution is -0.199. The van der Waals surface area contributed by atoms with Gasteiger partial charge in [-0.2, -0.15) is 0 Å². The summed E-state index contributed by atoms with van der Waals surface area (Å²) in [5.41, 5.74) is 0. The molecule has 1 aliphatic heterocycles. The molecule has 1 saturated heterocycles. The van der Waals surface area contributed by atoms with Crippen LogP contribution in [0.1, 0.15) is 20.3 Å². The Kier molecular flexibility index (Phi) is 5.01. The van der Waals surface area contributed by atoms with Crippen LogP contribution in [0.25, 0.3) is 0 Å². The molecule has 0 aromatic heterocycles. The Morgan fingerprint density at radius 2 is 2.25 bits per heavy atom. The molecule has 92 valence electrons. The van der Waals surface area contributed by atoms with Crippen molar-refractivity contribution in [1.29, 1.82) is 0 Å². The lowest BCUT2D eigenvalue weighted by Crippen LogP contribution is -2.31. The number of hydrogen-bond acceptors (Lipinski definition) is 5. The maximum absolute atomic E-state index is 10.9. The van der Waals surface area contributed by atoms with Crippen molar-refractivity contribution >= 4 is 15.4 Å². The molecule has 0 amide bonds. The molecule has 4 atom stereocenters. The quantitative estimate of drug-likeness (QED) is 0.515. The van der Waals surface area contributed by atoms with Gasteiger partial charge in [0.05, 0.1) is 18.8 Å². The minimum absolute atomic E-state index is 0.0393. The molecule has 1 fully saturated rings. The standard InChI is InChI=1S/C9H18BO5P/c1-6(2)14-7-4-9(10)15-8(7)5-13-16(3,11)12/h6-9H,4-5H2,1-3H3,(H,11,12)/p-1. The van der Waals surface area contributed by atoms with Crippen LogP contribution in [0.4, 0.5) is 0 Å². The van der Waals surface area contributed by atoms with Crippen molar-refractivity contribution in [2.75, 3.05) is 13.3 Å². The summed E-state index contributed by atoms with van der Waals surface area (Å²) in [6, 6.07) is -0.416. The van der Waals surface area contributed by atoms with Gasteiger partial charge in [-0.05, 0) is 20.3 Å². The second-order valence-electron chi connectivity index (χ2n) is 4.24. The van der Waals surface area contributed by atoms with Gasteiger partial charge in [-0.1, -0.05) is 0 Å². The molecule has 0 saturated carbocycles. The van der Waals surface area contributed by atoms with E-state index >= 15 is 0 Å². The van der Waals surface area contributed by atoms with Crippen molar-refractivity contribution in [3.8, 4) is 0 Å². The maximum Gasteiger partial charge on any atom is 0.131 e. The molecule has 0 aliphatic carbocycles. The fraction of sp³-hybridized carbons (Fsp3) is 1.00. The molecule has 1 heterocycles. The molecular formula is C9H17BO5P-. The van der Waals surface area contributed by atoms with Crippen LogP contribution in [-0.2, 0) is 18.6 Å². The Morgan fingerprint density at radius 3 is 2.75 bits per heavy atom. The zero-order valence-corrected chi connectivity index (χ0v) is 10.7. The van der Waals surface area contributed by atoms with Crippen molar-refractivity contribution in [2.45, 2.75) is 44.6 Å². The first-order valence-electron chi connectivity index (χ1n) is 5.27. The predicted molar refractivity (Wildman–Crippen MR) is 58.5 cm³/mol. The summed E-state index contributed by atoms with van der Waals surface area (Å²) in [6.07, 6.45) is -0.0257. The first kappa shape index (κ1) is 14.2. The fourth-order valence-electron chi connectivity index (χ4n) is 1.60. The van der Waals surface area contributed by atoms with Gasteiger partial charge in [0, 0.05) is 12.7 Å². The summed E-state index contributed by atoms with van der Waals surface area (Å²) in [5.74, 6) is 0. The van der Waals surface area contributed by atoms with E-state index in [1.165, 1.54) is 0 Å². The highest BCUT2D eigenvalue weighted by Crippen LogP contribution is 2.33. The van der Waals surface area contributed by atoms with Crippen molar-refractivity contribution in [3.63, 3.8) is 0 Å². The predicted octanol–water partition coefficient (Wildman–Crippen LogP) is 0.263. The van der Waals surface area contributed by atoms with Gasteiger partial charge in [0.15, 0.2) is 0 Å². The van der Waals surface area contributed by atoms with Crippen LogP contribution in [0.15, 0.2) is 0 Å². The zero-order chi connectivity index (χ0) is 12.3. The highest BCUT2D eigenvalue weighted by molar-refractivity contribution is 7.50. The average molecular weight is 247 g/mol. The Bertz CT molecular complexity index is 267. The molecule has 1 aliphatic rings. The van der Waals surface area contributed by atoms with Crippen molar-refractivity contribution in [1.82, 2.24) is 0 Å². The summed E-state index contributed by atoms with van der Waals surface area (Å²) in [5, 5.41) is 0. The Labute approximate surface area is 97.4 Å². The lowest BCUT2D eigenvalue weighted by atomic mass is 9.96. The normalized spacial score (nSPS) is 34.2. The third-order valence-corrected chi connectivity index (χ3v) is 2.77. The fourth-order valence-corrected chi connectivity index (χ4v) is 2.01. The van der Waals surface area contributed by atoms with E-state index < -0.39 is 19.7 Å². The van der Waals surface area contributed by atoms with E-state index in [1.54, 1.807) is 0 Å². The molecule has 0 spiro atoms. The summed E-state index contributed by atoms with van der Waals surface area (Å²) in [6.45, 7) is 4.79. The molecule has 0 bridgehead atoms. The topological polar surface area (TPSA) is 67.8 Å². The SMILES string of the molecule is [B]C1CC(OC(C)C)C(COP(C)(=O)[O-])O1. The minimum Gasteiger partial charge on any atom is -0.779 e. The number of ether oxygens (including phenoxy) is 2. The van der Waals surface area contributed by atoms with Gasteiger partial charge < -0.3 is 23.5 Å². The van der Waals surface area contributed by atoms with E-state index in [0.29, 0.717) is 6.42 Å². The van der Waals surface area contributed by atoms with Gasteiger partial charge in [0.25, 0.3) is 0 Å². The largest absolute Gasteiger partial charge is 0.779 e. The monoisotopic (exact) mass is 247 g/mol. The summed E-state index contributed by atoms with van der Waals surface area (Å²) < 4.78 is 26.5. The van der Waals surface area contributed by atoms with E-state index in [0.717, 1.165) is 6.66 Å². The molecule has 1 rings (SSSR count). The second kappa shape index (κ2) is 5.65. The smallest absolute Gasteiger partial charge is 0.131 e. The van der Waals surface area contributed by atoms with E-state index in [2.05, 4.69) is 0 Å². The molecular weight excluding hydrogens is 230 g/mol. The summed E-state index contributed by atoms with van der Waals surface area (Å²) >= 11 is 0. The van der Waals surface area contributed by atoms with Gasteiger partial charge in [-0.3, -0.25) is 0 Å². The van der Waals surface area contributed by atoms with Crippen molar-refractivity contribution in [3.05, 3.63) is 0 Å². The molecule has 2 radical (unpaired) electrons. The molecule has 0 aromatic rings. The van der Waals surface area contributed by atoms with Crippen molar-refractivity contribution < 1.29 is 23.5 Å². The Balaban J connectivity index is 2.46. The minimum atomic E-state index is -3.73. The summed E-state index contributed by atoms with van der Waals surface area (Å²) in [4.78, 5) is 10.9. The molecule has 0 N–H and O–H groups in total. The van der Waals surface area contributed by atoms with E-state index in [4.69, 9.17) is 21.8 Å². The van der Waals surface area contributed by atoms with Crippen molar-refractivity contribution in [2.24, 2.45) is 0 Å². The third-order valence-electron chi connectivity index (χ3n) is 2.15. The molecule has 0 aromatic carbocycles. The average Bonchev–Trinajstić information content (AvgIpc) is 2.40. The van der Waals surface area contributed by atoms with Gasteiger partial charge in [0.1, 0.15) is 21.5 Å². The second-order valence-corrected chi connectivity index (χ2v) is 6.04. The van der Waals surface area contributed by atoms with Crippen LogP contribution in [0.3, 0.4) is 0 Å². The first-order chi connectivity index (χ1) is 7.28. The summed E-state index contributed by atoms with van der Waals surface area (Å²) in [7, 11) is 1.90. The van der Waals surface area contributed by atoms with Crippen LogP contribution in [-0.4, -0.2) is 45.4 Å². The molecule has 7 heteroatoms. The van der Waals surface area contributed by atoms with Gasteiger partial charge in [-0.25, -0.2) is 0 Å². The van der Waals surface area contributed by atoms with E-state index in [9.17, 15) is 9.46 Å². The van der Waals surface area contributed by atoms with Gasteiger partial charge in [0.2, 0.25) is 0 Å². The first-order valence-corrected chi connectivity index (χ1v) is 7.26. The van der Waals surface area contributed by atoms with Crippen LogP contribution >= 0.6 is 7.60 Å². The molecule has 5 nitrogen and oxygen atoms in total. The van der Waals surface area contributed by atoms with Crippen LogP contribution in [0, 0.1) is 0 Å². The van der Waals surface area contributed by atoms with E-state index in [1.807, 2.05) is 13.8 Å². The molecule has 4 unspecified atom stereocenters. The highest BCUT2D eigenvalue weighted by Gasteiger charge is 2.34. The van der Waals surface area contributed by atoms with Crippen LogP contribution < -0.4 is 4.89 Å². The van der Waals surface area contributed by atoms with Gasteiger partial charge in [-0.15, -0.1) is 0 Å². The maximum atomic E-state index is 10.9. The lowest BCUT2D eigenvalue weighted by Gasteiger charge is -2.24. The highest BCUT2D eigenvalue weighted by atomic mass is 31.2. The number of hydrogen-bond donors (Lipinski definition) is 0.